The fraction of sp³-hybridized carbons (Fsp3) is 0.238. The number of ketones is 1. The number of amides is 1. The van der Waals surface area contributed by atoms with E-state index in [2.05, 4.69) is 25.4 Å². The van der Waals surface area contributed by atoms with Crippen molar-refractivity contribution < 1.29 is 41.0 Å². The fourth-order valence-electron chi connectivity index (χ4n) is 3.19. The van der Waals surface area contributed by atoms with E-state index in [4.69, 9.17) is 0 Å². The third-order valence-electron chi connectivity index (χ3n) is 4.58. The molecule has 170 valence electrons. The van der Waals surface area contributed by atoms with Gasteiger partial charge in [0.1, 0.15) is 5.82 Å². The molecule has 11 heteroatoms. The van der Waals surface area contributed by atoms with Crippen LogP contribution in [0.5, 0.6) is 11.5 Å². The molecule has 5 nitrogen and oxygen atoms in total. The van der Waals surface area contributed by atoms with E-state index in [0.29, 0.717) is 5.56 Å². The molecule has 1 aliphatic heterocycles. The van der Waals surface area contributed by atoms with Crippen LogP contribution in [0.25, 0.3) is 0 Å². The number of halogens is 6. The third-order valence-corrected chi connectivity index (χ3v) is 5.32. The normalized spacial score (nSPS) is 16.1. The molecule has 0 saturated heterocycles. The predicted molar refractivity (Wildman–Crippen MR) is 106 cm³/mol. The Hall–Kier alpha value is -2.95. The Kier molecular flexibility index (Phi) is 7.49. The Morgan fingerprint density at radius 2 is 1.66 bits per heavy atom. The fourth-order valence-corrected chi connectivity index (χ4v) is 3.65. The second-order valence-electron chi connectivity index (χ2n) is 6.68. The first-order valence-corrected chi connectivity index (χ1v) is 9.93. The van der Waals surface area contributed by atoms with Crippen molar-refractivity contribution in [3.05, 3.63) is 70.1 Å². The minimum atomic E-state index is -3.31. The number of ether oxygens (including phenoxy) is 2. The van der Waals surface area contributed by atoms with E-state index in [1.54, 1.807) is 0 Å². The number of carbonyl (C=O) groups is 2. The Bertz CT molecular complexity index is 1030. The zero-order valence-electron chi connectivity index (χ0n) is 16.1. The van der Waals surface area contributed by atoms with Gasteiger partial charge in [-0.2, -0.15) is 17.6 Å². The maximum Gasteiger partial charge on any atom is 0.387 e. The summed E-state index contributed by atoms with van der Waals surface area (Å²) in [7, 11) is 0. The average molecular weight is 520 g/mol. The molecule has 32 heavy (non-hydrogen) atoms. The van der Waals surface area contributed by atoms with E-state index in [1.165, 1.54) is 41.4 Å². The van der Waals surface area contributed by atoms with Crippen LogP contribution < -0.4 is 9.47 Å². The number of hydrogen-bond donors (Lipinski definition) is 0. The van der Waals surface area contributed by atoms with Crippen molar-refractivity contribution in [1.29, 1.82) is 0 Å². The number of benzene rings is 2. The molecule has 2 aromatic rings. The van der Waals surface area contributed by atoms with Gasteiger partial charge in [-0.1, -0.05) is 28.1 Å². The zero-order valence-corrected chi connectivity index (χ0v) is 17.7. The molecule has 2 aromatic carbocycles. The second-order valence-corrected chi connectivity index (χ2v) is 7.53. The van der Waals surface area contributed by atoms with Gasteiger partial charge in [-0.05, 0) is 41.5 Å². The lowest BCUT2D eigenvalue weighted by molar-refractivity contribution is -0.131. The van der Waals surface area contributed by atoms with E-state index >= 15 is 0 Å². The van der Waals surface area contributed by atoms with Gasteiger partial charge in [0.15, 0.2) is 17.3 Å². The lowest BCUT2D eigenvalue weighted by atomic mass is 9.96. The summed E-state index contributed by atoms with van der Waals surface area (Å²) in [5.74, 6) is -2.52. The van der Waals surface area contributed by atoms with Gasteiger partial charge < -0.3 is 14.4 Å². The molecule has 3 rings (SSSR count). The predicted octanol–water partition coefficient (Wildman–Crippen LogP) is 5.39. The summed E-state index contributed by atoms with van der Waals surface area (Å²) in [4.78, 5) is 26.2. The van der Waals surface area contributed by atoms with Gasteiger partial charge in [0.25, 0.3) is 0 Å². The van der Waals surface area contributed by atoms with Crippen molar-refractivity contribution in [3.63, 3.8) is 0 Å². The lowest BCUT2D eigenvalue weighted by Gasteiger charge is -2.31. The molecule has 0 fully saturated rings. The van der Waals surface area contributed by atoms with Crippen molar-refractivity contribution in [1.82, 2.24) is 4.90 Å². The quantitative estimate of drug-likeness (QED) is 0.460. The lowest BCUT2D eigenvalue weighted by Crippen LogP contribution is -2.35. The number of alkyl halides is 4. The molecule has 0 N–H and O–H groups in total. The highest BCUT2D eigenvalue weighted by atomic mass is 79.9. The minimum Gasteiger partial charge on any atom is -0.431 e. The first-order valence-electron chi connectivity index (χ1n) is 9.13. The molecule has 0 radical (unpaired) electrons. The highest BCUT2D eigenvalue weighted by Gasteiger charge is 2.29. The van der Waals surface area contributed by atoms with E-state index < -0.39 is 42.5 Å². The first-order chi connectivity index (χ1) is 15.1. The van der Waals surface area contributed by atoms with Crippen LogP contribution in [0, 0.1) is 5.82 Å². The molecule has 0 unspecified atom stereocenters. The summed E-state index contributed by atoms with van der Waals surface area (Å²) >= 11 is 3.12. The summed E-state index contributed by atoms with van der Waals surface area (Å²) in [6, 6.07) is 6.61. The van der Waals surface area contributed by atoms with E-state index in [9.17, 15) is 31.5 Å². The minimum absolute atomic E-state index is 0.0318. The van der Waals surface area contributed by atoms with E-state index in [-0.39, 0.29) is 28.7 Å². The number of allylic oxidation sites excluding steroid dienone is 1. The van der Waals surface area contributed by atoms with Gasteiger partial charge in [0.2, 0.25) is 5.91 Å². The maximum atomic E-state index is 13.3. The SMILES string of the molecule is O=C1C=CN(C(=O)Cc2cc(OC(F)F)c(OC(F)F)cc2Br)[C@H](c2ccc(F)cc2)C1. The number of nitrogens with zero attached hydrogens (tertiary/aromatic N) is 1. The standard InChI is InChI=1S/C21H15BrF5NO4/c22-15-10-18(32-21(26)27)17(31-20(24)25)7-12(15)8-19(30)28-6-5-14(29)9-16(28)11-1-3-13(23)4-2-11/h1-7,10,16,20-21H,8-9H2/t16-/m0/s1. The van der Waals surface area contributed by atoms with E-state index in [0.717, 1.165) is 12.1 Å². The van der Waals surface area contributed by atoms with Gasteiger partial charge in [0.05, 0.1) is 12.5 Å². The molecule has 1 aliphatic rings. The molecule has 0 spiro atoms. The molecule has 1 atom stereocenters. The number of carbonyl (C=O) groups excluding carboxylic acids is 2. The topological polar surface area (TPSA) is 55.8 Å². The van der Waals surface area contributed by atoms with E-state index in [1.807, 2.05) is 0 Å². The van der Waals surface area contributed by atoms with Crippen molar-refractivity contribution in [2.45, 2.75) is 32.1 Å². The van der Waals surface area contributed by atoms with Gasteiger partial charge in [-0.15, -0.1) is 0 Å². The number of hydrogen-bond acceptors (Lipinski definition) is 4. The average Bonchev–Trinajstić information content (AvgIpc) is 2.71. The summed E-state index contributed by atoms with van der Waals surface area (Å²) in [5, 5.41) is 0. The Balaban J connectivity index is 1.89. The van der Waals surface area contributed by atoms with Gasteiger partial charge >= 0.3 is 13.2 Å². The van der Waals surface area contributed by atoms with Crippen LogP contribution in [-0.2, 0) is 16.0 Å². The molecule has 0 aromatic heterocycles. The van der Waals surface area contributed by atoms with Crippen LogP contribution >= 0.6 is 15.9 Å². The van der Waals surface area contributed by atoms with Crippen molar-refractivity contribution in [2.24, 2.45) is 0 Å². The summed E-state index contributed by atoms with van der Waals surface area (Å²) in [5.41, 5.74) is 0.689. The Morgan fingerprint density at radius 3 is 2.25 bits per heavy atom. The molecular formula is C21H15BrF5NO4. The van der Waals surface area contributed by atoms with Crippen LogP contribution in [-0.4, -0.2) is 29.8 Å². The maximum absolute atomic E-state index is 13.3. The highest BCUT2D eigenvalue weighted by Crippen LogP contribution is 2.37. The van der Waals surface area contributed by atoms with Crippen LogP contribution in [0.3, 0.4) is 0 Å². The molecule has 0 bridgehead atoms. The monoisotopic (exact) mass is 519 g/mol. The Labute approximate surface area is 187 Å². The van der Waals surface area contributed by atoms with Crippen molar-refractivity contribution in [3.8, 4) is 11.5 Å². The van der Waals surface area contributed by atoms with Gasteiger partial charge in [-0.25, -0.2) is 4.39 Å². The summed E-state index contributed by atoms with van der Waals surface area (Å²) in [6.45, 7) is -6.58. The molecule has 1 amide bonds. The summed E-state index contributed by atoms with van der Waals surface area (Å²) in [6.07, 6.45) is 2.14. The number of rotatable bonds is 7. The Morgan fingerprint density at radius 1 is 1.06 bits per heavy atom. The van der Waals surface area contributed by atoms with Crippen LogP contribution in [0.4, 0.5) is 22.0 Å². The largest absolute Gasteiger partial charge is 0.431 e. The first kappa shape index (κ1) is 23.7. The molecule has 0 aliphatic carbocycles. The van der Waals surface area contributed by atoms with Gasteiger partial charge in [-0.3, -0.25) is 9.59 Å². The highest BCUT2D eigenvalue weighted by molar-refractivity contribution is 9.10. The zero-order chi connectivity index (χ0) is 23.4. The second kappa shape index (κ2) is 10.1. The molecule has 1 heterocycles. The van der Waals surface area contributed by atoms with Crippen molar-refractivity contribution in [2.75, 3.05) is 0 Å². The molecular weight excluding hydrogens is 505 g/mol. The van der Waals surface area contributed by atoms with Crippen LogP contribution in [0.2, 0.25) is 0 Å². The summed E-state index contributed by atoms with van der Waals surface area (Å²) < 4.78 is 72.5. The molecule has 0 saturated carbocycles. The van der Waals surface area contributed by atoms with Crippen molar-refractivity contribution >= 4 is 27.6 Å². The van der Waals surface area contributed by atoms with Crippen LogP contribution in [0.15, 0.2) is 53.1 Å². The smallest absolute Gasteiger partial charge is 0.387 e. The van der Waals surface area contributed by atoms with Crippen LogP contribution in [0.1, 0.15) is 23.6 Å². The van der Waals surface area contributed by atoms with Gasteiger partial charge in [0, 0.05) is 17.1 Å². The third kappa shape index (κ3) is 5.84.